The summed E-state index contributed by atoms with van der Waals surface area (Å²) in [6, 6.07) is 12.8. The van der Waals surface area contributed by atoms with E-state index in [-0.39, 0.29) is 6.04 Å². The van der Waals surface area contributed by atoms with E-state index in [0.29, 0.717) is 11.8 Å². The molecule has 0 fully saturated rings. The normalized spacial score (nSPS) is 24.0. The van der Waals surface area contributed by atoms with Gasteiger partial charge in [0.05, 0.1) is 25.9 Å². The van der Waals surface area contributed by atoms with Crippen molar-refractivity contribution in [2.75, 3.05) is 19.5 Å². The van der Waals surface area contributed by atoms with Crippen LogP contribution in [-0.2, 0) is 0 Å². The minimum absolute atomic E-state index is 0.256. The molecule has 4 rings (SSSR count). The summed E-state index contributed by atoms with van der Waals surface area (Å²) in [6.45, 7) is 0. The van der Waals surface area contributed by atoms with Crippen LogP contribution in [0, 0.1) is 5.92 Å². The average molecular weight is 386 g/mol. The van der Waals surface area contributed by atoms with Crippen LogP contribution in [0.2, 0.25) is 0 Å². The van der Waals surface area contributed by atoms with Gasteiger partial charge in [-0.15, -0.1) is 0 Å². The summed E-state index contributed by atoms with van der Waals surface area (Å²) in [5.41, 5.74) is 3.56. The summed E-state index contributed by atoms with van der Waals surface area (Å²) >= 11 is 3.52. The number of fused-ring (bicyclic) bond motifs is 3. The number of ether oxygens (including phenoxy) is 2. The number of hydrogen-bond donors (Lipinski definition) is 1. The molecular formula is C20H20BrNO2. The minimum Gasteiger partial charge on any atom is -0.496 e. The van der Waals surface area contributed by atoms with E-state index in [0.717, 1.165) is 28.1 Å². The molecule has 2 aromatic carbocycles. The number of hydrogen-bond acceptors (Lipinski definition) is 3. The maximum absolute atomic E-state index is 5.64. The molecule has 1 N–H and O–H groups in total. The lowest BCUT2D eigenvalue weighted by Gasteiger charge is -2.38. The van der Waals surface area contributed by atoms with Crippen molar-refractivity contribution in [3.05, 3.63) is 64.1 Å². The number of anilines is 1. The van der Waals surface area contributed by atoms with Gasteiger partial charge in [-0.25, -0.2) is 0 Å². The van der Waals surface area contributed by atoms with Gasteiger partial charge in [0.25, 0.3) is 0 Å². The van der Waals surface area contributed by atoms with Crippen LogP contribution in [0.1, 0.15) is 29.5 Å². The molecule has 1 heterocycles. The van der Waals surface area contributed by atoms with Crippen molar-refractivity contribution < 1.29 is 9.47 Å². The first kappa shape index (κ1) is 15.6. The average Bonchev–Trinajstić information content (AvgIpc) is 3.10. The molecule has 0 bridgehead atoms. The molecule has 4 heteroatoms. The molecule has 3 atom stereocenters. The van der Waals surface area contributed by atoms with Gasteiger partial charge in [-0.05, 0) is 42.2 Å². The Morgan fingerprint density at radius 2 is 1.71 bits per heavy atom. The summed E-state index contributed by atoms with van der Waals surface area (Å²) in [5, 5.41) is 3.74. The number of nitrogens with one attached hydrogen (secondary N) is 1. The van der Waals surface area contributed by atoms with Crippen molar-refractivity contribution in [1.29, 1.82) is 0 Å². The van der Waals surface area contributed by atoms with E-state index in [1.54, 1.807) is 14.2 Å². The lowest BCUT2D eigenvalue weighted by molar-refractivity contribution is 0.370. The Hall–Kier alpha value is -1.94. The van der Waals surface area contributed by atoms with Crippen molar-refractivity contribution in [3.63, 3.8) is 0 Å². The fraction of sp³-hybridized carbons (Fsp3) is 0.300. The number of halogens is 1. The molecule has 1 aliphatic carbocycles. The number of allylic oxidation sites excluding steroid dienone is 2. The lowest BCUT2D eigenvalue weighted by Crippen LogP contribution is -2.29. The summed E-state index contributed by atoms with van der Waals surface area (Å²) in [6.07, 6.45) is 5.67. The number of benzene rings is 2. The van der Waals surface area contributed by atoms with E-state index in [4.69, 9.17) is 9.47 Å². The van der Waals surface area contributed by atoms with Gasteiger partial charge in [0, 0.05) is 16.0 Å². The van der Waals surface area contributed by atoms with E-state index in [9.17, 15) is 0 Å². The fourth-order valence-electron chi connectivity index (χ4n) is 4.00. The summed E-state index contributed by atoms with van der Waals surface area (Å²) in [5.74, 6) is 2.63. The van der Waals surface area contributed by atoms with Crippen LogP contribution in [0.4, 0.5) is 5.69 Å². The molecule has 24 heavy (non-hydrogen) atoms. The molecule has 0 saturated heterocycles. The van der Waals surface area contributed by atoms with E-state index >= 15 is 0 Å². The van der Waals surface area contributed by atoms with Gasteiger partial charge in [-0.3, -0.25) is 0 Å². The maximum atomic E-state index is 5.64. The number of rotatable bonds is 3. The van der Waals surface area contributed by atoms with Gasteiger partial charge in [0.15, 0.2) is 0 Å². The second-order valence-corrected chi connectivity index (χ2v) is 7.20. The van der Waals surface area contributed by atoms with Crippen LogP contribution in [0.25, 0.3) is 0 Å². The van der Waals surface area contributed by atoms with E-state index in [2.05, 4.69) is 57.7 Å². The second-order valence-electron chi connectivity index (χ2n) is 6.29. The van der Waals surface area contributed by atoms with E-state index in [1.165, 1.54) is 11.1 Å². The molecule has 0 saturated carbocycles. The van der Waals surface area contributed by atoms with Crippen LogP contribution in [0.15, 0.2) is 53.0 Å². The Labute approximate surface area is 150 Å². The van der Waals surface area contributed by atoms with Crippen LogP contribution in [0.3, 0.4) is 0 Å². The SMILES string of the molecule is COc1ccc(OC)c2c1N[C@@H](c1ccc(Br)cc1)[C@H]1CC=C[C@@H]21. The molecule has 0 radical (unpaired) electrons. The van der Waals surface area contributed by atoms with Gasteiger partial charge < -0.3 is 14.8 Å². The first-order valence-electron chi connectivity index (χ1n) is 8.16. The third-order valence-corrected chi connectivity index (χ3v) is 5.64. The Balaban J connectivity index is 1.85. The first-order chi connectivity index (χ1) is 11.7. The van der Waals surface area contributed by atoms with E-state index < -0.39 is 0 Å². The predicted molar refractivity (Wildman–Crippen MR) is 100 cm³/mol. The molecular weight excluding hydrogens is 366 g/mol. The van der Waals surface area contributed by atoms with Crippen molar-refractivity contribution in [1.82, 2.24) is 0 Å². The topological polar surface area (TPSA) is 30.5 Å². The summed E-state index contributed by atoms with van der Waals surface area (Å²) in [4.78, 5) is 0. The fourth-order valence-corrected chi connectivity index (χ4v) is 4.26. The standard InChI is InChI=1S/C20H20BrNO2/c1-23-16-10-11-17(24-2)20-18(16)14-4-3-5-15(14)19(22-20)12-6-8-13(21)9-7-12/h3-4,6-11,14-15,19,22H,5H2,1-2H3/t14-,15+,19+/m1/s1. The molecule has 3 nitrogen and oxygen atoms in total. The zero-order valence-electron chi connectivity index (χ0n) is 13.8. The highest BCUT2D eigenvalue weighted by Crippen LogP contribution is 2.55. The van der Waals surface area contributed by atoms with Crippen LogP contribution >= 0.6 is 15.9 Å². The molecule has 0 unspecified atom stereocenters. The van der Waals surface area contributed by atoms with Gasteiger partial charge in [0.1, 0.15) is 11.5 Å². The molecule has 0 aromatic heterocycles. The van der Waals surface area contributed by atoms with Gasteiger partial charge in [0.2, 0.25) is 0 Å². The van der Waals surface area contributed by atoms with Crippen molar-refractivity contribution >= 4 is 21.6 Å². The third kappa shape index (κ3) is 2.40. The Morgan fingerprint density at radius 3 is 2.42 bits per heavy atom. The van der Waals surface area contributed by atoms with Gasteiger partial charge in [-0.2, -0.15) is 0 Å². The Morgan fingerprint density at radius 1 is 1.00 bits per heavy atom. The molecule has 0 amide bonds. The number of methoxy groups -OCH3 is 2. The predicted octanol–water partition coefficient (Wildman–Crippen LogP) is 5.29. The lowest BCUT2D eigenvalue weighted by atomic mass is 9.76. The van der Waals surface area contributed by atoms with Crippen molar-refractivity contribution in [2.45, 2.75) is 18.4 Å². The van der Waals surface area contributed by atoms with Gasteiger partial charge in [-0.1, -0.05) is 40.2 Å². The van der Waals surface area contributed by atoms with Crippen LogP contribution in [-0.4, -0.2) is 14.2 Å². The summed E-state index contributed by atoms with van der Waals surface area (Å²) in [7, 11) is 3.45. The third-order valence-electron chi connectivity index (χ3n) is 5.11. The first-order valence-corrected chi connectivity index (χ1v) is 8.95. The highest BCUT2D eigenvalue weighted by Gasteiger charge is 2.40. The zero-order chi connectivity index (χ0) is 16.7. The molecule has 2 aromatic rings. The quantitative estimate of drug-likeness (QED) is 0.727. The highest BCUT2D eigenvalue weighted by molar-refractivity contribution is 9.10. The monoisotopic (exact) mass is 385 g/mol. The van der Waals surface area contributed by atoms with Crippen LogP contribution < -0.4 is 14.8 Å². The molecule has 1 aliphatic heterocycles. The maximum Gasteiger partial charge on any atom is 0.142 e. The smallest absolute Gasteiger partial charge is 0.142 e. The highest BCUT2D eigenvalue weighted by atomic mass is 79.9. The Kier molecular flexibility index (Phi) is 4.01. The largest absolute Gasteiger partial charge is 0.496 e. The minimum atomic E-state index is 0.256. The molecule has 0 spiro atoms. The second kappa shape index (κ2) is 6.17. The van der Waals surface area contributed by atoms with Crippen molar-refractivity contribution in [3.8, 4) is 11.5 Å². The molecule has 2 aliphatic rings. The Bertz CT molecular complexity index is 785. The van der Waals surface area contributed by atoms with Crippen LogP contribution in [0.5, 0.6) is 11.5 Å². The summed E-state index contributed by atoms with van der Waals surface area (Å²) < 4.78 is 12.4. The van der Waals surface area contributed by atoms with Crippen molar-refractivity contribution in [2.24, 2.45) is 5.92 Å². The zero-order valence-corrected chi connectivity index (χ0v) is 15.3. The van der Waals surface area contributed by atoms with E-state index in [1.807, 2.05) is 12.1 Å². The van der Waals surface area contributed by atoms with Gasteiger partial charge >= 0.3 is 0 Å². The molecule has 124 valence electrons.